The summed E-state index contributed by atoms with van der Waals surface area (Å²) in [6.07, 6.45) is 0. The van der Waals surface area contributed by atoms with Crippen LogP contribution in [0.25, 0.3) is 82.4 Å². The lowest BCUT2D eigenvalue weighted by atomic mass is 9.82. The molecule has 74 heavy (non-hydrogen) atoms. The maximum absolute atomic E-state index is 2.48. The third kappa shape index (κ3) is 7.11. The molecule has 1 aliphatic carbocycles. The quantitative estimate of drug-likeness (QED) is 0.143. The SMILES string of the molecule is CC1(C)c2ccccc2-c2ccc(-n3c4ccc(-c5ccc(N(c6ccccc6)c6cccc7ccccc67)cc5)cc4c4cc(-c5ccc(N(c6ccccc6)c6cccc7ccccc67)cc5)ccc43)cc21. The maximum atomic E-state index is 2.48. The maximum Gasteiger partial charge on any atom is 0.0541 e. The predicted molar refractivity (Wildman–Crippen MR) is 314 cm³/mol. The molecule has 0 fully saturated rings. The minimum Gasteiger partial charge on any atom is -0.310 e. The zero-order valence-corrected chi connectivity index (χ0v) is 41.3. The largest absolute Gasteiger partial charge is 0.310 e. The van der Waals surface area contributed by atoms with E-state index in [-0.39, 0.29) is 5.41 Å². The topological polar surface area (TPSA) is 11.4 Å². The van der Waals surface area contributed by atoms with E-state index in [9.17, 15) is 0 Å². The first-order valence-corrected chi connectivity index (χ1v) is 25.7. The number of nitrogens with zero attached hydrogens (tertiary/aromatic N) is 3. The monoisotopic (exact) mass is 945 g/mol. The van der Waals surface area contributed by atoms with Crippen LogP contribution in [0.2, 0.25) is 0 Å². The van der Waals surface area contributed by atoms with Crippen molar-refractivity contribution in [1.29, 1.82) is 0 Å². The molecule has 1 heterocycles. The molecular formula is C71H51N3. The normalized spacial score (nSPS) is 12.6. The second kappa shape index (κ2) is 17.4. The summed E-state index contributed by atoms with van der Waals surface area (Å²) < 4.78 is 2.48. The molecule has 3 nitrogen and oxygen atoms in total. The number of fused-ring (bicyclic) bond motifs is 8. The molecule has 12 aromatic carbocycles. The van der Waals surface area contributed by atoms with E-state index in [1.54, 1.807) is 0 Å². The van der Waals surface area contributed by atoms with E-state index in [0.717, 1.165) is 34.1 Å². The smallest absolute Gasteiger partial charge is 0.0541 e. The van der Waals surface area contributed by atoms with Crippen LogP contribution in [0.15, 0.2) is 273 Å². The fraction of sp³-hybridized carbons (Fsp3) is 0.0423. The lowest BCUT2D eigenvalue weighted by molar-refractivity contribution is 0.660. The number of rotatable bonds is 9. The van der Waals surface area contributed by atoms with Crippen LogP contribution in [-0.4, -0.2) is 4.57 Å². The number of hydrogen-bond donors (Lipinski definition) is 0. The van der Waals surface area contributed by atoms with Crippen molar-refractivity contribution in [3.63, 3.8) is 0 Å². The van der Waals surface area contributed by atoms with E-state index < -0.39 is 0 Å². The molecule has 0 aliphatic heterocycles. The molecule has 0 atom stereocenters. The van der Waals surface area contributed by atoms with E-state index in [1.165, 1.54) is 93.5 Å². The molecule has 14 rings (SSSR count). The van der Waals surface area contributed by atoms with Gasteiger partial charge in [-0.2, -0.15) is 0 Å². The molecule has 0 bridgehead atoms. The summed E-state index contributed by atoms with van der Waals surface area (Å²) in [6, 6.07) is 100. The van der Waals surface area contributed by atoms with Gasteiger partial charge in [0.1, 0.15) is 0 Å². The van der Waals surface area contributed by atoms with Crippen molar-refractivity contribution >= 4 is 77.5 Å². The summed E-state index contributed by atoms with van der Waals surface area (Å²) >= 11 is 0. The highest BCUT2D eigenvalue weighted by Gasteiger charge is 2.35. The molecule has 350 valence electrons. The zero-order chi connectivity index (χ0) is 49.3. The molecule has 0 radical (unpaired) electrons. The number of para-hydroxylation sites is 2. The first-order chi connectivity index (χ1) is 36.5. The van der Waals surface area contributed by atoms with Gasteiger partial charge in [-0.3, -0.25) is 0 Å². The van der Waals surface area contributed by atoms with Crippen molar-refractivity contribution in [1.82, 2.24) is 4.57 Å². The highest BCUT2D eigenvalue weighted by molar-refractivity contribution is 6.12. The van der Waals surface area contributed by atoms with Gasteiger partial charge in [-0.25, -0.2) is 0 Å². The molecule has 0 spiro atoms. The summed E-state index contributed by atoms with van der Waals surface area (Å²) in [4.78, 5) is 4.74. The first-order valence-electron chi connectivity index (χ1n) is 25.7. The summed E-state index contributed by atoms with van der Waals surface area (Å²) in [7, 11) is 0. The summed E-state index contributed by atoms with van der Waals surface area (Å²) in [5.74, 6) is 0. The number of benzene rings is 12. The molecule has 0 saturated carbocycles. The third-order valence-corrected chi connectivity index (χ3v) is 15.6. The minimum absolute atomic E-state index is 0.118. The van der Waals surface area contributed by atoms with Crippen LogP contribution in [0.1, 0.15) is 25.0 Å². The number of hydrogen-bond acceptors (Lipinski definition) is 2. The van der Waals surface area contributed by atoms with Crippen LogP contribution < -0.4 is 9.80 Å². The van der Waals surface area contributed by atoms with Gasteiger partial charge in [-0.05, 0) is 152 Å². The van der Waals surface area contributed by atoms with Crippen LogP contribution in [0.3, 0.4) is 0 Å². The Balaban J connectivity index is 0.894. The molecule has 0 N–H and O–H groups in total. The number of aromatic nitrogens is 1. The van der Waals surface area contributed by atoms with Crippen molar-refractivity contribution in [3.05, 3.63) is 284 Å². The van der Waals surface area contributed by atoms with Crippen LogP contribution in [-0.2, 0) is 5.41 Å². The van der Waals surface area contributed by atoms with Crippen molar-refractivity contribution < 1.29 is 0 Å². The lowest BCUT2D eigenvalue weighted by Crippen LogP contribution is -2.15. The summed E-state index contributed by atoms with van der Waals surface area (Å²) in [6.45, 7) is 4.73. The molecule has 3 heteroatoms. The van der Waals surface area contributed by atoms with Gasteiger partial charge in [0.25, 0.3) is 0 Å². The Hall–Kier alpha value is -9.44. The van der Waals surface area contributed by atoms with E-state index in [1.807, 2.05) is 0 Å². The van der Waals surface area contributed by atoms with E-state index >= 15 is 0 Å². The Morgan fingerprint density at radius 1 is 0.297 bits per heavy atom. The second-order valence-electron chi connectivity index (χ2n) is 20.1. The third-order valence-electron chi connectivity index (χ3n) is 15.6. The second-order valence-corrected chi connectivity index (χ2v) is 20.1. The standard InChI is InChI=1S/C71H51N3/c1-71(2)65-28-14-13-27-61(65)62-42-41-58(47-66(62)71)74-69-43-35-52(48-31-37-56(38-32-48)72(54-21-5-3-6-22-54)67-29-15-19-50-17-9-11-25-59(50)67)45-63(69)64-46-53(36-44-70(64)74)49-33-39-57(40-34-49)73(55-23-7-4-8-24-55)68-30-16-20-51-18-10-12-26-60(51)68/h3-47H,1-2H3. The van der Waals surface area contributed by atoms with Crippen molar-refractivity contribution in [3.8, 4) is 39.1 Å². The minimum atomic E-state index is -0.118. The molecule has 13 aromatic rings. The molecule has 1 aromatic heterocycles. The van der Waals surface area contributed by atoms with E-state index in [2.05, 4.69) is 301 Å². The molecular weight excluding hydrogens is 895 g/mol. The van der Waals surface area contributed by atoms with Gasteiger partial charge in [0, 0.05) is 55.4 Å². The average Bonchev–Trinajstić information content (AvgIpc) is 3.91. The highest BCUT2D eigenvalue weighted by atomic mass is 15.1. The Morgan fingerprint density at radius 3 is 1.24 bits per heavy atom. The Labute approximate surface area is 432 Å². The van der Waals surface area contributed by atoms with Gasteiger partial charge in [0.2, 0.25) is 0 Å². The summed E-state index contributed by atoms with van der Waals surface area (Å²) in [5, 5.41) is 7.30. The number of anilines is 6. The van der Waals surface area contributed by atoms with Crippen LogP contribution in [0.4, 0.5) is 34.1 Å². The van der Waals surface area contributed by atoms with Gasteiger partial charge in [-0.15, -0.1) is 0 Å². The fourth-order valence-electron chi connectivity index (χ4n) is 11.9. The van der Waals surface area contributed by atoms with Crippen LogP contribution in [0.5, 0.6) is 0 Å². The van der Waals surface area contributed by atoms with E-state index in [4.69, 9.17) is 0 Å². The van der Waals surface area contributed by atoms with Gasteiger partial charge in [-0.1, -0.05) is 190 Å². The average molecular weight is 946 g/mol. The first kappa shape index (κ1) is 43.4. The lowest BCUT2D eigenvalue weighted by Gasteiger charge is -2.27. The van der Waals surface area contributed by atoms with Crippen LogP contribution >= 0.6 is 0 Å². The fourth-order valence-corrected chi connectivity index (χ4v) is 11.9. The van der Waals surface area contributed by atoms with Crippen molar-refractivity contribution in [2.45, 2.75) is 19.3 Å². The molecule has 1 aliphatic rings. The molecule has 0 amide bonds. The van der Waals surface area contributed by atoms with E-state index in [0.29, 0.717) is 0 Å². The van der Waals surface area contributed by atoms with Gasteiger partial charge in [0.15, 0.2) is 0 Å². The Bertz CT molecular complexity index is 4030. The summed E-state index contributed by atoms with van der Waals surface area (Å²) in [5.41, 5.74) is 20.3. The van der Waals surface area contributed by atoms with Gasteiger partial charge >= 0.3 is 0 Å². The van der Waals surface area contributed by atoms with Gasteiger partial charge < -0.3 is 14.4 Å². The van der Waals surface area contributed by atoms with Crippen molar-refractivity contribution in [2.75, 3.05) is 9.80 Å². The molecule has 0 saturated heterocycles. The molecule has 0 unspecified atom stereocenters. The predicted octanol–water partition coefficient (Wildman–Crippen LogP) is 19.7. The Morgan fingerprint density at radius 2 is 0.716 bits per heavy atom. The van der Waals surface area contributed by atoms with Gasteiger partial charge in [0.05, 0.1) is 22.4 Å². The zero-order valence-electron chi connectivity index (χ0n) is 41.3. The Kier molecular flexibility index (Phi) is 10.2. The highest BCUT2D eigenvalue weighted by Crippen LogP contribution is 2.50. The van der Waals surface area contributed by atoms with Crippen molar-refractivity contribution in [2.24, 2.45) is 0 Å². The van der Waals surface area contributed by atoms with Crippen LogP contribution in [0, 0.1) is 0 Å².